The second kappa shape index (κ2) is 7.21. The van der Waals surface area contributed by atoms with E-state index in [1.807, 2.05) is 17.9 Å². The van der Waals surface area contributed by atoms with Gasteiger partial charge in [0.25, 0.3) is 0 Å². The highest BCUT2D eigenvalue weighted by Gasteiger charge is 2.36. The van der Waals surface area contributed by atoms with Crippen molar-refractivity contribution >= 4 is 17.4 Å². The van der Waals surface area contributed by atoms with Crippen LogP contribution in [0.3, 0.4) is 0 Å². The van der Waals surface area contributed by atoms with Gasteiger partial charge in [-0.05, 0) is 56.2 Å². The maximum Gasteiger partial charge on any atom is 0.332 e. The van der Waals surface area contributed by atoms with E-state index in [4.69, 9.17) is 14.3 Å². The van der Waals surface area contributed by atoms with Gasteiger partial charge >= 0.3 is 5.97 Å². The van der Waals surface area contributed by atoms with Crippen LogP contribution in [-0.2, 0) is 14.3 Å². The van der Waals surface area contributed by atoms with E-state index in [-0.39, 0.29) is 12.0 Å². The largest absolute Gasteiger partial charge is 0.479 e. The first-order valence-corrected chi connectivity index (χ1v) is 8.44. The Morgan fingerprint density at radius 1 is 1.25 bits per heavy atom. The van der Waals surface area contributed by atoms with Gasteiger partial charge in [-0.2, -0.15) is 0 Å². The fourth-order valence-corrected chi connectivity index (χ4v) is 3.53. The summed E-state index contributed by atoms with van der Waals surface area (Å²) in [7, 11) is 0. The van der Waals surface area contributed by atoms with E-state index < -0.39 is 12.1 Å². The number of carboxylic acid groups (broad SMARTS) is 1. The number of carbonyl (C=O) groups is 2. The second-order valence-corrected chi connectivity index (χ2v) is 6.55. The lowest BCUT2D eigenvalue weighted by molar-refractivity contribution is -0.150. The summed E-state index contributed by atoms with van der Waals surface area (Å²) in [5.74, 6) is 0.174. The van der Waals surface area contributed by atoms with Crippen LogP contribution in [0.4, 0.5) is 0 Å². The lowest BCUT2D eigenvalue weighted by Crippen LogP contribution is -2.40. The predicted molar refractivity (Wildman–Crippen MR) is 87.2 cm³/mol. The average molecular weight is 333 g/mol. The number of allylic oxidation sites excluding steroid dienone is 1. The molecule has 2 fully saturated rings. The molecule has 3 rings (SSSR count). The van der Waals surface area contributed by atoms with Crippen LogP contribution in [-0.4, -0.2) is 47.2 Å². The number of piperidine rings is 1. The number of nitrogens with zero attached hydrogens (tertiary/aromatic N) is 1. The monoisotopic (exact) mass is 333 g/mol. The molecule has 0 saturated carbocycles. The highest BCUT2D eigenvalue weighted by molar-refractivity contribution is 5.94. The zero-order valence-electron chi connectivity index (χ0n) is 13.8. The van der Waals surface area contributed by atoms with Gasteiger partial charge in [0.1, 0.15) is 5.76 Å². The third-order valence-corrected chi connectivity index (χ3v) is 4.95. The molecule has 1 aromatic rings. The van der Waals surface area contributed by atoms with Gasteiger partial charge in [-0.3, -0.25) is 4.79 Å². The van der Waals surface area contributed by atoms with Crippen LogP contribution in [0.15, 0.2) is 28.9 Å². The number of carbonyl (C=O) groups excluding carboxylic acids is 1. The minimum Gasteiger partial charge on any atom is -0.479 e. The molecule has 1 amide bonds. The van der Waals surface area contributed by atoms with E-state index >= 15 is 0 Å². The summed E-state index contributed by atoms with van der Waals surface area (Å²) in [5, 5.41) is 9.01. The molecule has 2 saturated heterocycles. The van der Waals surface area contributed by atoms with E-state index in [0.717, 1.165) is 24.8 Å². The van der Waals surface area contributed by atoms with Crippen LogP contribution in [0, 0.1) is 5.92 Å². The van der Waals surface area contributed by atoms with Gasteiger partial charge in [0, 0.05) is 19.2 Å². The molecule has 24 heavy (non-hydrogen) atoms. The first-order valence-electron chi connectivity index (χ1n) is 8.44. The number of aliphatic carboxylic acids is 1. The first-order chi connectivity index (χ1) is 11.5. The lowest BCUT2D eigenvalue weighted by Gasteiger charge is -2.34. The Labute approximate surface area is 141 Å². The minimum atomic E-state index is -0.872. The molecule has 0 aliphatic carbocycles. The van der Waals surface area contributed by atoms with Gasteiger partial charge in [0.15, 0.2) is 6.10 Å². The summed E-state index contributed by atoms with van der Waals surface area (Å²) in [6, 6.07) is 3.64. The van der Waals surface area contributed by atoms with Gasteiger partial charge < -0.3 is 19.2 Å². The lowest BCUT2D eigenvalue weighted by atomic mass is 9.89. The molecular formula is C18H23NO5. The Bertz CT molecular complexity index is 613. The van der Waals surface area contributed by atoms with Crippen LogP contribution in [0.25, 0.3) is 5.57 Å². The number of carboxylic acids is 1. The number of likely N-dealkylation sites (tertiary alicyclic amines) is 1. The summed E-state index contributed by atoms with van der Waals surface area (Å²) in [4.78, 5) is 25.2. The first kappa shape index (κ1) is 16.8. The highest BCUT2D eigenvalue weighted by Crippen LogP contribution is 2.32. The number of furan rings is 1. The Morgan fingerprint density at radius 3 is 2.58 bits per heavy atom. The zero-order chi connectivity index (χ0) is 17.1. The molecule has 0 radical (unpaired) electrons. The second-order valence-electron chi connectivity index (χ2n) is 6.55. The van der Waals surface area contributed by atoms with Crippen LogP contribution < -0.4 is 0 Å². The smallest absolute Gasteiger partial charge is 0.332 e. The summed E-state index contributed by atoms with van der Waals surface area (Å²) >= 11 is 0. The van der Waals surface area contributed by atoms with Gasteiger partial charge in [-0.25, -0.2) is 4.79 Å². The van der Waals surface area contributed by atoms with Gasteiger partial charge in [0.05, 0.1) is 12.4 Å². The fourth-order valence-electron chi connectivity index (χ4n) is 3.53. The molecule has 0 unspecified atom stereocenters. The quantitative estimate of drug-likeness (QED) is 0.857. The molecule has 0 aromatic carbocycles. The number of rotatable bonds is 4. The minimum absolute atomic E-state index is 0.00176. The Hall–Kier alpha value is -2.08. The van der Waals surface area contributed by atoms with Crippen LogP contribution in [0.2, 0.25) is 0 Å². The molecule has 0 bridgehead atoms. The Balaban J connectivity index is 1.51. The molecule has 3 heterocycles. The molecule has 6 nitrogen and oxygen atoms in total. The Morgan fingerprint density at radius 2 is 2.00 bits per heavy atom. The van der Waals surface area contributed by atoms with Crippen molar-refractivity contribution in [2.24, 2.45) is 5.92 Å². The van der Waals surface area contributed by atoms with Crippen molar-refractivity contribution < 1.29 is 23.8 Å². The number of ether oxygens (including phenoxy) is 1. The van der Waals surface area contributed by atoms with E-state index in [1.165, 1.54) is 0 Å². The van der Waals surface area contributed by atoms with Crippen molar-refractivity contribution in [2.45, 2.75) is 44.8 Å². The van der Waals surface area contributed by atoms with Crippen molar-refractivity contribution in [3.8, 4) is 0 Å². The maximum absolute atomic E-state index is 12.4. The predicted octanol–water partition coefficient (Wildman–Crippen LogP) is 2.55. The van der Waals surface area contributed by atoms with Crippen LogP contribution in [0.1, 0.15) is 38.4 Å². The van der Waals surface area contributed by atoms with Gasteiger partial charge in [0.2, 0.25) is 5.91 Å². The number of amides is 1. The molecule has 1 N–H and O–H groups in total. The molecule has 6 heteroatoms. The van der Waals surface area contributed by atoms with Gasteiger partial charge in [-0.15, -0.1) is 0 Å². The van der Waals surface area contributed by atoms with Crippen molar-refractivity contribution in [3.05, 3.63) is 30.2 Å². The zero-order valence-corrected chi connectivity index (χ0v) is 13.8. The standard InChI is InChI=1S/C18H23NO5/c1-12(14-3-2-10-23-14)11-17(20)19-8-6-13(7-9-19)15-4-5-16(24-15)18(21)22/h2-3,10-11,13,15-16H,4-9H2,1H3,(H,21,22)/b12-11+/t15-,16+/m0/s1. The summed E-state index contributed by atoms with van der Waals surface area (Å²) < 4.78 is 10.9. The fraction of sp³-hybridized carbons (Fsp3) is 0.556. The molecule has 130 valence electrons. The summed E-state index contributed by atoms with van der Waals surface area (Å²) in [6.07, 6.45) is 5.67. The molecule has 2 aliphatic heterocycles. The van der Waals surface area contributed by atoms with E-state index in [9.17, 15) is 9.59 Å². The van der Waals surface area contributed by atoms with E-state index in [0.29, 0.717) is 31.2 Å². The third kappa shape index (κ3) is 3.70. The highest BCUT2D eigenvalue weighted by atomic mass is 16.5. The molecule has 2 aliphatic rings. The molecule has 2 atom stereocenters. The van der Waals surface area contributed by atoms with Gasteiger partial charge in [-0.1, -0.05) is 0 Å². The molecule has 1 aromatic heterocycles. The van der Waals surface area contributed by atoms with Crippen LogP contribution in [0.5, 0.6) is 0 Å². The SMILES string of the molecule is C/C(=C\C(=O)N1CCC([C@@H]2CC[C@H](C(=O)O)O2)CC1)c1ccco1. The maximum atomic E-state index is 12.4. The number of hydrogen-bond donors (Lipinski definition) is 1. The van der Waals surface area contributed by atoms with E-state index in [2.05, 4.69) is 0 Å². The Kier molecular flexibility index (Phi) is 5.04. The van der Waals surface area contributed by atoms with Crippen molar-refractivity contribution in [2.75, 3.05) is 13.1 Å². The number of hydrogen-bond acceptors (Lipinski definition) is 4. The third-order valence-electron chi connectivity index (χ3n) is 4.95. The average Bonchev–Trinajstić information content (AvgIpc) is 3.26. The topological polar surface area (TPSA) is 80.0 Å². The van der Waals surface area contributed by atoms with Crippen molar-refractivity contribution in [3.63, 3.8) is 0 Å². The molecule has 0 spiro atoms. The normalized spacial score (nSPS) is 25.9. The van der Waals surface area contributed by atoms with Crippen molar-refractivity contribution in [1.82, 2.24) is 4.90 Å². The summed E-state index contributed by atoms with van der Waals surface area (Å²) in [6.45, 7) is 3.23. The molecular weight excluding hydrogens is 310 g/mol. The summed E-state index contributed by atoms with van der Waals surface area (Å²) in [5.41, 5.74) is 0.815. The van der Waals surface area contributed by atoms with Crippen molar-refractivity contribution in [1.29, 1.82) is 0 Å². The van der Waals surface area contributed by atoms with E-state index in [1.54, 1.807) is 18.4 Å². The van der Waals surface area contributed by atoms with Crippen LogP contribution >= 0.6 is 0 Å².